The van der Waals surface area contributed by atoms with Crippen LogP contribution in [-0.4, -0.2) is 46.0 Å². The maximum absolute atomic E-state index is 12.6. The number of hydrogen-bond donors (Lipinski definition) is 2. The highest BCUT2D eigenvalue weighted by Gasteiger charge is 2.34. The molecule has 1 fully saturated rings. The number of pyridine rings is 1. The lowest BCUT2D eigenvalue weighted by Gasteiger charge is -2.38. The fraction of sp³-hybridized carbons (Fsp3) is 0.375. The molecular weight excluding hydrogens is 421 g/mol. The Morgan fingerprint density at radius 3 is 2.44 bits per heavy atom. The summed E-state index contributed by atoms with van der Waals surface area (Å²) in [7, 11) is 0. The molecule has 170 valence electrons. The summed E-state index contributed by atoms with van der Waals surface area (Å²) in [5, 5.41) is 22.3. The Morgan fingerprint density at radius 2 is 1.75 bits per heavy atom. The van der Waals surface area contributed by atoms with E-state index in [1.165, 1.54) is 12.1 Å². The molecule has 1 aliphatic rings. The number of aliphatic hydroxyl groups is 2. The van der Waals surface area contributed by atoms with Crippen molar-refractivity contribution in [3.8, 4) is 5.75 Å². The standard InChI is InChI=1S/C24H25F3N2O3/c25-24(26,27)18-5-7-20(8-6-18)32-22(30)9-12-29-13-10-23(31,11-14-29)19-15-17-3-1-2-4-21(17)28-16-19/h1-8,15-16,22,30-31H,9-14H2. The Hall–Kier alpha value is -2.68. The van der Waals surface area contributed by atoms with Crippen LogP contribution in [0, 0.1) is 0 Å². The molecule has 0 spiro atoms. The first-order chi connectivity index (χ1) is 15.2. The van der Waals surface area contributed by atoms with Gasteiger partial charge < -0.3 is 19.8 Å². The van der Waals surface area contributed by atoms with E-state index in [-0.39, 0.29) is 5.75 Å². The lowest BCUT2D eigenvalue weighted by Crippen LogP contribution is -2.43. The van der Waals surface area contributed by atoms with Crippen LogP contribution in [0.1, 0.15) is 30.4 Å². The van der Waals surface area contributed by atoms with Crippen LogP contribution in [0.4, 0.5) is 13.2 Å². The SMILES string of the molecule is OC(CCN1CCC(O)(c2cnc3ccccc3c2)CC1)Oc1ccc(C(F)(F)F)cc1. The van der Waals surface area contributed by atoms with Crippen molar-refractivity contribution in [1.82, 2.24) is 9.88 Å². The van der Waals surface area contributed by atoms with E-state index in [0.717, 1.165) is 28.6 Å². The van der Waals surface area contributed by atoms with Gasteiger partial charge in [-0.15, -0.1) is 0 Å². The number of benzene rings is 2. The number of rotatable bonds is 6. The van der Waals surface area contributed by atoms with Gasteiger partial charge in [0.2, 0.25) is 0 Å². The van der Waals surface area contributed by atoms with Crippen LogP contribution >= 0.6 is 0 Å². The van der Waals surface area contributed by atoms with Gasteiger partial charge in [0.05, 0.1) is 16.7 Å². The van der Waals surface area contributed by atoms with Crippen molar-refractivity contribution in [3.05, 3.63) is 71.9 Å². The van der Waals surface area contributed by atoms with Crippen molar-refractivity contribution < 1.29 is 28.1 Å². The zero-order valence-corrected chi connectivity index (χ0v) is 17.4. The van der Waals surface area contributed by atoms with Crippen molar-refractivity contribution in [2.45, 2.75) is 37.3 Å². The molecule has 32 heavy (non-hydrogen) atoms. The minimum Gasteiger partial charge on any atom is -0.465 e. The highest BCUT2D eigenvalue weighted by molar-refractivity contribution is 5.78. The summed E-state index contributed by atoms with van der Waals surface area (Å²) >= 11 is 0. The van der Waals surface area contributed by atoms with E-state index in [1.54, 1.807) is 6.20 Å². The number of halogens is 3. The summed E-state index contributed by atoms with van der Waals surface area (Å²) in [6.07, 6.45) is -2.41. The molecular formula is C24H25F3N2O3. The summed E-state index contributed by atoms with van der Waals surface area (Å²) in [5.74, 6) is 0.183. The number of alkyl halides is 3. The van der Waals surface area contributed by atoms with Gasteiger partial charge in [-0.05, 0) is 49.2 Å². The molecule has 8 heteroatoms. The van der Waals surface area contributed by atoms with Gasteiger partial charge in [0.15, 0.2) is 6.29 Å². The molecule has 0 aliphatic carbocycles. The maximum atomic E-state index is 12.6. The van der Waals surface area contributed by atoms with Crippen LogP contribution < -0.4 is 4.74 Å². The second kappa shape index (κ2) is 9.05. The Balaban J connectivity index is 1.27. The number of hydrogen-bond acceptors (Lipinski definition) is 5. The second-order valence-electron chi connectivity index (χ2n) is 8.17. The van der Waals surface area contributed by atoms with Crippen LogP contribution in [0.3, 0.4) is 0 Å². The molecule has 2 N–H and O–H groups in total. The fourth-order valence-electron chi connectivity index (χ4n) is 3.99. The Bertz CT molecular complexity index is 1050. The van der Waals surface area contributed by atoms with Crippen molar-refractivity contribution in [2.24, 2.45) is 0 Å². The third-order valence-corrected chi connectivity index (χ3v) is 5.96. The van der Waals surface area contributed by atoms with E-state index in [0.29, 0.717) is 38.9 Å². The summed E-state index contributed by atoms with van der Waals surface area (Å²) < 4.78 is 43.2. The number of para-hydroxylation sites is 1. The molecule has 1 unspecified atom stereocenters. The van der Waals surface area contributed by atoms with E-state index in [4.69, 9.17) is 4.74 Å². The minimum atomic E-state index is -4.41. The number of fused-ring (bicyclic) bond motifs is 1. The second-order valence-corrected chi connectivity index (χ2v) is 8.17. The largest absolute Gasteiger partial charge is 0.465 e. The molecule has 1 atom stereocenters. The first-order valence-corrected chi connectivity index (χ1v) is 10.5. The van der Waals surface area contributed by atoms with Crippen LogP contribution in [-0.2, 0) is 11.8 Å². The highest BCUT2D eigenvalue weighted by Crippen LogP contribution is 2.34. The summed E-state index contributed by atoms with van der Waals surface area (Å²) in [6, 6.07) is 14.0. The van der Waals surface area contributed by atoms with E-state index in [1.807, 2.05) is 30.3 Å². The molecule has 0 bridgehead atoms. The third-order valence-electron chi connectivity index (χ3n) is 5.96. The first kappa shape index (κ1) is 22.5. The van der Waals surface area contributed by atoms with Crippen LogP contribution in [0.2, 0.25) is 0 Å². The highest BCUT2D eigenvalue weighted by atomic mass is 19.4. The van der Waals surface area contributed by atoms with Gasteiger partial charge in [-0.3, -0.25) is 4.98 Å². The number of ether oxygens (including phenoxy) is 1. The number of nitrogens with zero attached hydrogens (tertiary/aromatic N) is 2. The van der Waals surface area contributed by atoms with Gasteiger partial charge in [-0.2, -0.15) is 13.2 Å². The molecule has 1 aliphatic heterocycles. The molecule has 0 saturated carbocycles. The lowest BCUT2D eigenvalue weighted by molar-refractivity contribution is -0.137. The molecule has 0 radical (unpaired) electrons. The molecule has 2 heterocycles. The Kier molecular flexibility index (Phi) is 6.37. The van der Waals surface area contributed by atoms with Gasteiger partial charge in [0, 0.05) is 43.2 Å². The molecule has 0 amide bonds. The van der Waals surface area contributed by atoms with Gasteiger partial charge in [0.25, 0.3) is 0 Å². The van der Waals surface area contributed by atoms with Gasteiger partial charge in [-0.25, -0.2) is 0 Å². The molecule has 4 rings (SSSR count). The Labute approximate surface area is 184 Å². The van der Waals surface area contributed by atoms with Crippen LogP contribution in [0.25, 0.3) is 10.9 Å². The predicted molar refractivity (Wildman–Crippen MR) is 114 cm³/mol. The van der Waals surface area contributed by atoms with E-state index in [2.05, 4.69) is 9.88 Å². The summed E-state index contributed by atoms with van der Waals surface area (Å²) in [4.78, 5) is 6.58. The van der Waals surface area contributed by atoms with Crippen molar-refractivity contribution >= 4 is 10.9 Å². The molecule has 5 nitrogen and oxygen atoms in total. The topological polar surface area (TPSA) is 65.8 Å². The number of piperidine rings is 1. The number of aromatic nitrogens is 1. The number of likely N-dealkylation sites (tertiary alicyclic amines) is 1. The van der Waals surface area contributed by atoms with E-state index in [9.17, 15) is 23.4 Å². The average Bonchev–Trinajstić information content (AvgIpc) is 2.78. The number of aliphatic hydroxyl groups excluding tert-OH is 1. The lowest BCUT2D eigenvalue weighted by atomic mass is 9.85. The minimum absolute atomic E-state index is 0.183. The zero-order chi connectivity index (χ0) is 22.8. The third kappa shape index (κ3) is 5.20. The quantitative estimate of drug-likeness (QED) is 0.552. The smallest absolute Gasteiger partial charge is 0.416 e. The maximum Gasteiger partial charge on any atom is 0.416 e. The predicted octanol–water partition coefficient (Wildman–Crippen LogP) is 4.32. The summed E-state index contributed by atoms with van der Waals surface area (Å²) in [6.45, 7) is 1.85. The molecule has 3 aromatic rings. The van der Waals surface area contributed by atoms with Gasteiger partial charge in [-0.1, -0.05) is 18.2 Å². The van der Waals surface area contributed by atoms with Crippen molar-refractivity contribution in [2.75, 3.05) is 19.6 Å². The zero-order valence-electron chi connectivity index (χ0n) is 17.4. The molecule has 2 aromatic carbocycles. The van der Waals surface area contributed by atoms with E-state index < -0.39 is 23.6 Å². The van der Waals surface area contributed by atoms with Gasteiger partial charge >= 0.3 is 6.18 Å². The van der Waals surface area contributed by atoms with Crippen molar-refractivity contribution in [3.63, 3.8) is 0 Å². The fourth-order valence-corrected chi connectivity index (χ4v) is 3.99. The van der Waals surface area contributed by atoms with Crippen LogP contribution in [0.5, 0.6) is 5.75 Å². The van der Waals surface area contributed by atoms with Crippen LogP contribution in [0.15, 0.2) is 60.8 Å². The average molecular weight is 446 g/mol. The molecule has 1 saturated heterocycles. The summed E-state index contributed by atoms with van der Waals surface area (Å²) in [5.41, 5.74) is -0.00863. The van der Waals surface area contributed by atoms with Gasteiger partial charge in [0.1, 0.15) is 5.75 Å². The normalized spacial score (nSPS) is 17.9. The first-order valence-electron chi connectivity index (χ1n) is 10.5. The van der Waals surface area contributed by atoms with E-state index >= 15 is 0 Å². The monoisotopic (exact) mass is 446 g/mol. The Morgan fingerprint density at radius 1 is 1.06 bits per heavy atom. The molecule has 1 aromatic heterocycles. The van der Waals surface area contributed by atoms with Crippen molar-refractivity contribution in [1.29, 1.82) is 0 Å².